The van der Waals surface area contributed by atoms with Crippen molar-refractivity contribution in [3.63, 3.8) is 0 Å². The van der Waals surface area contributed by atoms with Gasteiger partial charge in [0.1, 0.15) is 0 Å². The van der Waals surface area contributed by atoms with Crippen LogP contribution in [0.4, 0.5) is 0 Å². The molecule has 1 rings (SSSR count). The molecule has 1 aromatic rings. The Morgan fingerprint density at radius 3 is 2.53 bits per heavy atom. The molecular weight excluding hydrogens is 184 g/mol. The van der Waals surface area contributed by atoms with Crippen molar-refractivity contribution in [1.29, 1.82) is 0 Å². The van der Waals surface area contributed by atoms with E-state index < -0.39 is 0 Å². The van der Waals surface area contributed by atoms with Crippen molar-refractivity contribution in [2.24, 2.45) is 0 Å². The van der Waals surface area contributed by atoms with E-state index in [2.05, 4.69) is 39.0 Å². The lowest BCUT2D eigenvalue weighted by Gasteiger charge is -2.11. The van der Waals surface area contributed by atoms with Crippen molar-refractivity contribution >= 4 is 5.78 Å². The number of ketones is 1. The van der Waals surface area contributed by atoms with Gasteiger partial charge in [-0.05, 0) is 43.9 Å². The second-order valence-electron chi connectivity index (χ2n) is 4.12. The van der Waals surface area contributed by atoms with E-state index in [1.165, 1.54) is 16.7 Å². The summed E-state index contributed by atoms with van der Waals surface area (Å²) in [5.74, 6) is 0.404. The SMILES string of the molecule is CC(=O)C=CC(C)c1ccc(C)cc1C. The number of allylic oxidation sites excluding steroid dienone is 2. The number of carbonyl (C=O) groups excluding carboxylic acids is 1. The topological polar surface area (TPSA) is 17.1 Å². The highest BCUT2D eigenvalue weighted by molar-refractivity contribution is 5.87. The van der Waals surface area contributed by atoms with Crippen molar-refractivity contribution in [3.8, 4) is 0 Å². The second-order valence-corrected chi connectivity index (χ2v) is 4.12. The number of rotatable bonds is 3. The number of hydrogen-bond donors (Lipinski definition) is 0. The fraction of sp³-hybridized carbons (Fsp3) is 0.357. The van der Waals surface area contributed by atoms with Crippen LogP contribution in [0.2, 0.25) is 0 Å². The highest BCUT2D eigenvalue weighted by Gasteiger charge is 2.04. The van der Waals surface area contributed by atoms with Crippen LogP contribution in [0.3, 0.4) is 0 Å². The highest BCUT2D eigenvalue weighted by Crippen LogP contribution is 2.21. The molecule has 0 aliphatic carbocycles. The van der Waals surface area contributed by atoms with Gasteiger partial charge in [-0.25, -0.2) is 0 Å². The Morgan fingerprint density at radius 2 is 2.00 bits per heavy atom. The predicted molar refractivity (Wildman–Crippen MR) is 64.2 cm³/mol. The Hall–Kier alpha value is -1.37. The second kappa shape index (κ2) is 4.92. The largest absolute Gasteiger partial charge is 0.295 e. The Morgan fingerprint density at radius 1 is 1.33 bits per heavy atom. The smallest absolute Gasteiger partial charge is 0.152 e. The summed E-state index contributed by atoms with van der Waals surface area (Å²) in [6.07, 6.45) is 3.60. The van der Waals surface area contributed by atoms with Gasteiger partial charge in [0.05, 0.1) is 0 Å². The van der Waals surface area contributed by atoms with E-state index in [1.54, 1.807) is 13.0 Å². The summed E-state index contributed by atoms with van der Waals surface area (Å²) in [7, 11) is 0. The highest BCUT2D eigenvalue weighted by atomic mass is 16.1. The van der Waals surface area contributed by atoms with E-state index in [-0.39, 0.29) is 5.78 Å². The first-order chi connectivity index (χ1) is 7.00. The van der Waals surface area contributed by atoms with Crippen LogP contribution in [0.1, 0.15) is 36.5 Å². The minimum atomic E-state index is 0.103. The number of hydrogen-bond acceptors (Lipinski definition) is 1. The molecule has 0 amide bonds. The quantitative estimate of drug-likeness (QED) is 0.685. The van der Waals surface area contributed by atoms with Gasteiger partial charge >= 0.3 is 0 Å². The standard InChI is InChI=1S/C14H18O/c1-10-5-8-14(12(3)9-10)11(2)6-7-13(4)15/h5-9,11H,1-4H3. The van der Waals surface area contributed by atoms with Crippen molar-refractivity contribution in [3.05, 3.63) is 47.0 Å². The van der Waals surface area contributed by atoms with E-state index in [0.717, 1.165) is 0 Å². The summed E-state index contributed by atoms with van der Waals surface area (Å²) in [5, 5.41) is 0. The van der Waals surface area contributed by atoms with Crippen molar-refractivity contribution in [1.82, 2.24) is 0 Å². The maximum absolute atomic E-state index is 10.8. The normalized spacial score (nSPS) is 13.1. The van der Waals surface area contributed by atoms with Gasteiger partial charge in [-0.1, -0.05) is 36.8 Å². The van der Waals surface area contributed by atoms with Gasteiger partial charge in [-0.3, -0.25) is 4.79 Å². The maximum Gasteiger partial charge on any atom is 0.152 e. The molecule has 0 spiro atoms. The van der Waals surface area contributed by atoms with Gasteiger partial charge in [0.25, 0.3) is 0 Å². The van der Waals surface area contributed by atoms with E-state index >= 15 is 0 Å². The van der Waals surface area contributed by atoms with Crippen molar-refractivity contribution in [2.75, 3.05) is 0 Å². The number of benzene rings is 1. The molecule has 0 heterocycles. The molecule has 1 atom stereocenters. The van der Waals surface area contributed by atoms with Crippen molar-refractivity contribution in [2.45, 2.75) is 33.6 Å². The fourth-order valence-corrected chi connectivity index (χ4v) is 1.72. The van der Waals surface area contributed by atoms with Crippen LogP contribution < -0.4 is 0 Å². The first-order valence-corrected chi connectivity index (χ1v) is 5.26. The average molecular weight is 202 g/mol. The molecule has 1 aromatic carbocycles. The summed E-state index contributed by atoms with van der Waals surface area (Å²) >= 11 is 0. The van der Waals surface area contributed by atoms with Gasteiger partial charge < -0.3 is 0 Å². The van der Waals surface area contributed by atoms with Crippen molar-refractivity contribution < 1.29 is 4.79 Å². The first-order valence-electron chi connectivity index (χ1n) is 5.26. The summed E-state index contributed by atoms with van der Waals surface area (Å²) in [4.78, 5) is 10.8. The third-order valence-electron chi connectivity index (χ3n) is 2.54. The zero-order valence-corrected chi connectivity index (χ0v) is 9.87. The Balaban J connectivity index is 2.91. The molecule has 0 fully saturated rings. The Bertz CT molecular complexity index is 388. The molecule has 0 saturated carbocycles. The summed E-state index contributed by atoms with van der Waals surface area (Å²) in [6, 6.07) is 6.42. The fourth-order valence-electron chi connectivity index (χ4n) is 1.72. The molecule has 0 aliphatic rings. The van der Waals surface area contributed by atoms with Gasteiger partial charge in [-0.15, -0.1) is 0 Å². The van der Waals surface area contributed by atoms with Crippen LogP contribution in [-0.4, -0.2) is 5.78 Å². The first kappa shape index (κ1) is 11.7. The van der Waals surface area contributed by atoms with Crippen LogP contribution in [0, 0.1) is 13.8 Å². The van der Waals surface area contributed by atoms with E-state index in [4.69, 9.17) is 0 Å². The van der Waals surface area contributed by atoms with Gasteiger partial charge in [0.2, 0.25) is 0 Å². The zero-order valence-electron chi connectivity index (χ0n) is 9.87. The van der Waals surface area contributed by atoms with Gasteiger partial charge in [0, 0.05) is 0 Å². The molecule has 15 heavy (non-hydrogen) atoms. The van der Waals surface area contributed by atoms with Gasteiger partial charge in [-0.2, -0.15) is 0 Å². The number of aryl methyl sites for hydroxylation is 2. The molecule has 1 heteroatoms. The molecule has 0 saturated heterocycles. The molecule has 0 bridgehead atoms. The minimum Gasteiger partial charge on any atom is -0.295 e. The average Bonchev–Trinajstić information content (AvgIpc) is 2.14. The maximum atomic E-state index is 10.8. The molecule has 0 aliphatic heterocycles. The third-order valence-corrected chi connectivity index (χ3v) is 2.54. The van der Waals surface area contributed by atoms with Crippen LogP contribution in [0.5, 0.6) is 0 Å². The Kier molecular flexibility index (Phi) is 3.84. The van der Waals surface area contributed by atoms with Crippen LogP contribution >= 0.6 is 0 Å². The minimum absolute atomic E-state index is 0.103. The molecule has 80 valence electrons. The van der Waals surface area contributed by atoms with E-state index in [1.807, 2.05) is 6.08 Å². The predicted octanol–water partition coefficient (Wildman–Crippen LogP) is 3.55. The van der Waals surface area contributed by atoms with Gasteiger partial charge in [0.15, 0.2) is 5.78 Å². The van der Waals surface area contributed by atoms with Crippen LogP contribution in [0.15, 0.2) is 30.4 Å². The lowest BCUT2D eigenvalue weighted by molar-refractivity contribution is -0.112. The molecule has 1 nitrogen and oxygen atoms in total. The number of carbonyl (C=O) groups is 1. The van der Waals surface area contributed by atoms with Crippen LogP contribution in [-0.2, 0) is 4.79 Å². The summed E-state index contributed by atoms with van der Waals surface area (Å²) < 4.78 is 0. The Labute approximate surface area is 91.8 Å². The monoisotopic (exact) mass is 202 g/mol. The van der Waals surface area contributed by atoms with E-state index in [9.17, 15) is 4.79 Å². The molecule has 0 radical (unpaired) electrons. The summed E-state index contributed by atoms with van der Waals surface area (Å²) in [5.41, 5.74) is 3.85. The van der Waals surface area contributed by atoms with E-state index in [0.29, 0.717) is 5.92 Å². The lowest BCUT2D eigenvalue weighted by atomic mass is 9.94. The molecule has 0 aromatic heterocycles. The van der Waals surface area contributed by atoms with Crippen LogP contribution in [0.25, 0.3) is 0 Å². The third kappa shape index (κ3) is 3.35. The zero-order chi connectivity index (χ0) is 11.4. The summed E-state index contributed by atoms with van der Waals surface area (Å²) in [6.45, 7) is 7.88. The molecular formula is C14H18O. The molecule has 0 N–H and O–H groups in total. The lowest BCUT2D eigenvalue weighted by Crippen LogP contribution is -1.94. The molecule has 1 unspecified atom stereocenters.